The molecule has 0 bridgehead atoms. The summed E-state index contributed by atoms with van der Waals surface area (Å²) in [5, 5.41) is 2.79. The lowest BCUT2D eigenvalue weighted by Crippen LogP contribution is -2.52. The summed E-state index contributed by atoms with van der Waals surface area (Å²) >= 11 is 0. The first-order chi connectivity index (χ1) is 15.9. The number of hydrogen-bond donors (Lipinski definition) is 2. The monoisotopic (exact) mass is 498 g/mol. The maximum absolute atomic E-state index is 13.0. The summed E-state index contributed by atoms with van der Waals surface area (Å²) in [7, 11) is -3.62. The third-order valence-corrected chi connectivity index (χ3v) is 7.28. The normalized spacial score (nSPS) is 16.5. The lowest BCUT2D eigenvalue weighted by Gasteiger charge is -2.38. The molecular formula is C23H29F3N4O3S. The summed E-state index contributed by atoms with van der Waals surface area (Å²) in [6.45, 7) is 7.25. The van der Waals surface area contributed by atoms with E-state index in [1.807, 2.05) is 9.80 Å². The van der Waals surface area contributed by atoms with E-state index in [-0.39, 0.29) is 16.8 Å². The van der Waals surface area contributed by atoms with Crippen LogP contribution in [0.1, 0.15) is 26.3 Å². The summed E-state index contributed by atoms with van der Waals surface area (Å²) in [5.74, 6) is -0.247. The highest BCUT2D eigenvalue weighted by atomic mass is 32.2. The van der Waals surface area contributed by atoms with Gasteiger partial charge >= 0.3 is 6.18 Å². The number of anilines is 2. The number of amides is 1. The summed E-state index contributed by atoms with van der Waals surface area (Å²) in [5.41, 5.74) is 0.301. The van der Waals surface area contributed by atoms with Crippen LogP contribution in [0.3, 0.4) is 0 Å². The van der Waals surface area contributed by atoms with Gasteiger partial charge in [0.15, 0.2) is 0 Å². The van der Waals surface area contributed by atoms with Gasteiger partial charge in [-0.2, -0.15) is 13.2 Å². The lowest BCUT2D eigenvalue weighted by atomic mass is 10.1. The zero-order valence-electron chi connectivity index (χ0n) is 19.3. The van der Waals surface area contributed by atoms with E-state index in [0.717, 1.165) is 12.1 Å². The summed E-state index contributed by atoms with van der Waals surface area (Å²) in [6.07, 6.45) is -4.39. The highest BCUT2D eigenvalue weighted by molar-refractivity contribution is 7.89. The first-order valence-electron chi connectivity index (χ1n) is 11.0. The van der Waals surface area contributed by atoms with E-state index in [0.29, 0.717) is 37.6 Å². The van der Waals surface area contributed by atoms with Crippen molar-refractivity contribution in [3.05, 3.63) is 54.1 Å². The fraction of sp³-hybridized carbons (Fsp3) is 0.435. The van der Waals surface area contributed by atoms with Crippen molar-refractivity contribution in [2.24, 2.45) is 0 Å². The summed E-state index contributed by atoms with van der Waals surface area (Å²) < 4.78 is 65.9. The average molecular weight is 499 g/mol. The molecule has 2 N–H and O–H groups in total. The van der Waals surface area contributed by atoms with Crippen molar-refractivity contribution >= 4 is 27.3 Å². The minimum atomic E-state index is -4.39. The van der Waals surface area contributed by atoms with Crippen LogP contribution in [0.15, 0.2) is 53.4 Å². The van der Waals surface area contributed by atoms with E-state index in [4.69, 9.17) is 0 Å². The second kappa shape index (κ2) is 10.3. The van der Waals surface area contributed by atoms with Crippen LogP contribution < -0.4 is 14.9 Å². The largest absolute Gasteiger partial charge is 0.416 e. The number of halogens is 3. The van der Waals surface area contributed by atoms with Gasteiger partial charge in [-0.15, -0.1) is 0 Å². The molecule has 0 aromatic heterocycles. The molecule has 1 unspecified atom stereocenters. The molecule has 1 atom stereocenters. The first-order valence-corrected chi connectivity index (χ1v) is 12.4. The van der Waals surface area contributed by atoms with E-state index in [1.165, 1.54) is 30.3 Å². The molecule has 2 aromatic carbocycles. The molecule has 0 aliphatic carbocycles. The van der Waals surface area contributed by atoms with E-state index < -0.39 is 27.8 Å². The molecule has 34 heavy (non-hydrogen) atoms. The third kappa shape index (κ3) is 6.49. The predicted octanol–water partition coefficient (Wildman–Crippen LogP) is 3.54. The molecule has 0 spiro atoms. The molecule has 11 heteroatoms. The maximum Gasteiger partial charge on any atom is 0.416 e. The molecule has 1 aliphatic heterocycles. The van der Waals surface area contributed by atoms with Crippen molar-refractivity contribution in [1.29, 1.82) is 0 Å². The van der Waals surface area contributed by atoms with Crippen LogP contribution in [-0.4, -0.2) is 57.5 Å². The minimum absolute atomic E-state index is 0.109. The Morgan fingerprint density at radius 2 is 1.59 bits per heavy atom. The highest BCUT2D eigenvalue weighted by Gasteiger charge is 2.31. The Kier molecular flexibility index (Phi) is 7.89. The van der Waals surface area contributed by atoms with Gasteiger partial charge in [0.1, 0.15) is 0 Å². The van der Waals surface area contributed by atoms with Crippen LogP contribution in [0.4, 0.5) is 24.5 Å². The second-order valence-electron chi connectivity index (χ2n) is 8.54. The number of rotatable bonds is 7. The Labute approximate surface area is 198 Å². The Hall–Kier alpha value is -2.63. The zero-order valence-corrected chi connectivity index (χ0v) is 20.1. The number of sulfonamides is 1. The van der Waals surface area contributed by atoms with E-state index in [9.17, 15) is 26.4 Å². The topological polar surface area (TPSA) is 81.8 Å². The Bertz CT molecular complexity index is 1100. The number of nitrogens with zero attached hydrogens (tertiary/aromatic N) is 2. The minimum Gasteiger partial charge on any atom is -0.369 e. The molecule has 1 fully saturated rings. The van der Waals surface area contributed by atoms with Gasteiger partial charge in [-0.1, -0.05) is 6.07 Å². The molecule has 7 nitrogen and oxygen atoms in total. The standard InChI is InChI=1S/C23H29F3N4O3S/c1-16(2)28-34(32,33)21-9-7-19(8-10-21)27-22(31)17(3)29-11-13-30(14-12-29)20-6-4-5-18(15-20)23(24,25)26/h4-10,15-17,28H,11-14H2,1-3H3,(H,27,31). The highest BCUT2D eigenvalue weighted by Crippen LogP contribution is 2.32. The molecule has 1 saturated heterocycles. The van der Waals surface area contributed by atoms with Crippen molar-refractivity contribution in [1.82, 2.24) is 9.62 Å². The molecule has 1 aliphatic rings. The van der Waals surface area contributed by atoms with Crippen molar-refractivity contribution in [3.8, 4) is 0 Å². The van der Waals surface area contributed by atoms with Gasteiger partial charge in [0.25, 0.3) is 0 Å². The van der Waals surface area contributed by atoms with Crippen molar-refractivity contribution in [3.63, 3.8) is 0 Å². The van der Waals surface area contributed by atoms with E-state index >= 15 is 0 Å². The number of alkyl halides is 3. The molecule has 0 saturated carbocycles. The lowest BCUT2D eigenvalue weighted by molar-refractivity contribution is -0.137. The fourth-order valence-corrected chi connectivity index (χ4v) is 5.01. The maximum atomic E-state index is 13.0. The Morgan fingerprint density at radius 3 is 2.15 bits per heavy atom. The molecule has 1 amide bonds. The molecule has 186 valence electrons. The van der Waals surface area contributed by atoms with Crippen LogP contribution in [0.5, 0.6) is 0 Å². The predicted molar refractivity (Wildman–Crippen MR) is 125 cm³/mol. The van der Waals surface area contributed by atoms with Crippen molar-refractivity contribution < 1.29 is 26.4 Å². The first kappa shape index (κ1) is 26.0. The van der Waals surface area contributed by atoms with Gasteiger partial charge in [0.2, 0.25) is 15.9 Å². The van der Waals surface area contributed by atoms with Crippen LogP contribution in [0, 0.1) is 0 Å². The molecular weight excluding hydrogens is 469 g/mol. The second-order valence-corrected chi connectivity index (χ2v) is 10.3. The average Bonchev–Trinajstić information content (AvgIpc) is 2.78. The van der Waals surface area contributed by atoms with Gasteiger partial charge in [-0.25, -0.2) is 13.1 Å². The summed E-state index contributed by atoms with van der Waals surface area (Å²) in [6, 6.07) is 10.5. The van der Waals surface area contributed by atoms with Gasteiger partial charge in [-0.05, 0) is 63.2 Å². The fourth-order valence-electron chi connectivity index (χ4n) is 3.75. The smallest absolute Gasteiger partial charge is 0.369 e. The van der Waals surface area contributed by atoms with E-state index in [1.54, 1.807) is 26.8 Å². The third-order valence-electron chi connectivity index (χ3n) is 5.60. The van der Waals surface area contributed by atoms with E-state index in [2.05, 4.69) is 10.0 Å². The molecule has 3 rings (SSSR count). The number of carbonyl (C=O) groups is 1. The quantitative estimate of drug-likeness (QED) is 0.610. The molecule has 2 aromatic rings. The van der Waals surface area contributed by atoms with Crippen LogP contribution in [0.2, 0.25) is 0 Å². The van der Waals surface area contributed by atoms with Crippen molar-refractivity contribution in [2.45, 2.75) is 43.9 Å². The van der Waals surface area contributed by atoms with Crippen molar-refractivity contribution in [2.75, 3.05) is 36.4 Å². The number of benzene rings is 2. The van der Waals surface area contributed by atoms with Crippen LogP contribution in [0.25, 0.3) is 0 Å². The van der Waals surface area contributed by atoms with Crippen LogP contribution >= 0.6 is 0 Å². The number of hydrogen-bond acceptors (Lipinski definition) is 5. The SMILES string of the molecule is CC(C)NS(=O)(=O)c1ccc(NC(=O)C(C)N2CCN(c3cccc(C(F)(F)F)c3)CC2)cc1. The number of carbonyl (C=O) groups excluding carboxylic acids is 1. The zero-order chi connectivity index (χ0) is 25.1. The molecule has 0 radical (unpaired) electrons. The summed E-state index contributed by atoms with van der Waals surface area (Å²) in [4.78, 5) is 16.7. The van der Waals surface area contributed by atoms with Gasteiger partial charge in [0.05, 0.1) is 16.5 Å². The van der Waals surface area contributed by atoms with Crippen LogP contribution in [-0.2, 0) is 21.0 Å². The van der Waals surface area contributed by atoms with Gasteiger partial charge in [0, 0.05) is 43.6 Å². The molecule has 1 heterocycles. The Balaban J connectivity index is 1.56. The number of nitrogens with one attached hydrogen (secondary N) is 2. The van der Waals surface area contributed by atoms with Gasteiger partial charge in [-0.3, -0.25) is 9.69 Å². The van der Waals surface area contributed by atoms with Gasteiger partial charge < -0.3 is 10.2 Å². The Morgan fingerprint density at radius 1 is 0.971 bits per heavy atom. The number of piperazine rings is 1.